The van der Waals surface area contributed by atoms with Crippen LogP contribution in [0.2, 0.25) is 0 Å². The van der Waals surface area contributed by atoms with E-state index in [0.717, 1.165) is 23.3 Å². The Bertz CT molecular complexity index is 1690. The number of nitrogens with zero attached hydrogens (tertiary/aromatic N) is 3. The number of ether oxygens (including phenoxy) is 1. The highest BCUT2D eigenvalue weighted by Gasteiger charge is 2.44. The minimum atomic E-state index is -4.72. The van der Waals surface area contributed by atoms with Crippen LogP contribution in [0.25, 0.3) is 11.5 Å². The summed E-state index contributed by atoms with van der Waals surface area (Å²) in [6, 6.07) is 6.84. The summed E-state index contributed by atoms with van der Waals surface area (Å²) in [5.41, 5.74) is 6.25. The summed E-state index contributed by atoms with van der Waals surface area (Å²) in [6.07, 6.45) is -7.78. The van der Waals surface area contributed by atoms with Gasteiger partial charge in [0.15, 0.2) is 19.7 Å². The monoisotopic (exact) mass is 620 g/mol. The fourth-order valence-corrected chi connectivity index (χ4v) is 5.75. The second kappa shape index (κ2) is 10.4. The predicted octanol–water partition coefficient (Wildman–Crippen LogP) is 2.90. The number of amides is 1. The van der Waals surface area contributed by atoms with Crippen LogP contribution in [0.1, 0.15) is 25.3 Å². The van der Waals surface area contributed by atoms with Gasteiger partial charge in [-0.25, -0.2) is 16.8 Å². The van der Waals surface area contributed by atoms with E-state index in [-0.39, 0.29) is 34.5 Å². The second-order valence-corrected chi connectivity index (χ2v) is 14.4. The molecule has 2 heterocycles. The number of carbonyl (C=O) groups is 1. The van der Waals surface area contributed by atoms with Crippen molar-refractivity contribution in [3.63, 3.8) is 0 Å². The SMILES string of the molecule is CC(C)(c1nnc(-c2ccc3c(c2)N(Cc2ccc(OC(F)(F)C(F)F)cc2)C(=O)[C@@H](N)CS3(=O)=O)o1)S(C)(=O)=O. The molecular weight excluding hydrogens is 596 g/mol. The maximum atomic E-state index is 13.2. The summed E-state index contributed by atoms with van der Waals surface area (Å²) < 4.78 is 110. The van der Waals surface area contributed by atoms with Gasteiger partial charge in [-0.2, -0.15) is 17.6 Å². The first-order chi connectivity index (χ1) is 18.8. The Balaban J connectivity index is 1.74. The number of halogens is 4. The van der Waals surface area contributed by atoms with Gasteiger partial charge >= 0.3 is 12.5 Å². The Morgan fingerprint density at radius 3 is 2.37 bits per heavy atom. The fraction of sp³-hybridized carbons (Fsp3) is 0.375. The molecule has 0 spiro atoms. The molecule has 17 heteroatoms. The quantitative estimate of drug-likeness (QED) is 0.371. The summed E-state index contributed by atoms with van der Waals surface area (Å²) in [7, 11) is -7.73. The lowest BCUT2D eigenvalue weighted by Gasteiger charge is -2.24. The Morgan fingerprint density at radius 2 is 1.78 bits per heavy atom. The Morgan fingerprint density at radius 1 is 1.15 bits per heavy atom. The molecule has 0 aliphatic carbocycles. The summed E-state index contributed by atoms with van der Waals surface area (Å²) in [5, 5.41) is 7.70. The lowest BCUT2D eigenvalue weighted by Crippen LogP contribution is -2.45. The summed E-state index contributed by atoms with van der Waals surface area (Å²) in [4.78, 5) is 14.1. The minimum Gasteiger partial charge on any atom is -0.428 e. The molecule has 41 heavy (non-hydrogen) atoms. The third kappa shape index (κ3) is 5.92. The minimum absolute atomic E-state index is 0.105. The molecule has 0 saturated carbocycles. The predicted molar refractivity (Wildman–Crippen MR) is 137 cm³/mol. The van der Waals surface area contributed by atoms with Crippen LogP contribution in [0, 0.1) is 0 Å². The van der Waals surface area contributed by atoms with Gasteiger partial charge in [-0.3, -0.25) is 4.79 Å². The third-order valence-corrected chi connectivity index (χ3v) is 10.3. The van der Waals surface area contributed by atoms with Crippen molar-refractivity contribution in [2.75, 3.05) is 16.9 Å². The van der Waals surface area contributed by atoms with Crippen molar-refractivity contribution in [1.82, 2.24) is 10.2 Å². The van der Waals surface area contributed by atoms with Gasteiger partial charge in [0.25, 0.3) is 0 Å². The van der Waals surface area contributed by atoms with E-state index in [0.29, 0.717) is 5.56 Å². The van der Waals surface area contributed by atoms with Gasteiger partial charge in [-0.15, -0.1) is 10.2 Å². The average molecular weight is 621 g/mol. The van der Waals surface area contributed by atoms with E-state index in [2.05, 4.69) is 14.9 Å². The third-order valence-electron chi connectivity index (χ3n) is 6.45. The fourth-order valence-electron chi connectivity index (χ4n) is 3.79. The zero-order chi connectivity index (χ0) is 30.5. The second-order valence-electron chi connectivity index (χ2n) is 9.80. The molecular formula is C24H24F4N4O7S2. The van der Waals surface area contributed by atoms with Crippen molar-refractivity contribution >= 4 is 31.3 Å². The van der Waals surface area contributed by atoms with E-state index in [9.17, 15) is 39.2 Å². The lowest BCUT2D eigenvalue weighted by atomic mass is 10.1. The lowest BCUT2D eigenvalue weighted by molar-refractivity contribution is -0.253. The Labute approximate surface area is 232 Å². The number of hydrogen-bond acceptors (Lipinski definition) is 10. The molecule has 1 amide bonds. The highest BCUT2D eigenvalue weighted by Crippen LogP contribution is 2.37. The Kier molecular flexibility index (Phi) is 7.68. The van der Waals surface area contributed by atoms with Gasteiger partial charge in [0, 0.05) is 11.8 Å². The van der Waals surface area contributed by atoms with Crippen molar-refractivity contribution in [2.24, 2.45) is 5.73 Å². The molecule has 0 radical (unpaired) electrons. The molecule has 1 aliphatic rings. The van der Waals surface area contributed by atoms with E-state index in [1.807, 2.05) is 0 Å². The van der Waals surface area contributed by atoms with Crippen molar-refractivity contribution in [3.8, 4) is 17.2 Å². The number of anilines is 1. The number of benzene rings is 2. The van der Waals surface area contributed by atoms with E-state index in [1.54, 1.807) is 0 Å². The van der Waals surface area contributed by atoms with E-state index in [4.69, 9.17) is 10.2 Å². The number of aromatic nitrogens is 2. The van der Waals surface area contributed by atoms with Crippen molar-refractivity contribution in [3.05, 3.63) is 53.9 Å². The summed E-state index contributed by atoms with van der Waals surface area (Å²) in [6.45, 7) is 2.45. The van der Waals surface area contributed by atoms with Crippen molar-refractivity contribution < 1.29 is 48.3 Å². The first-order valence-electron chi connectivity index (χ1n) is 11.7. The number of fused-ring (bicyclic) bond motifs is 1. The smallest absolute Gasteiger partial charge is 0.428 e. The summed E-state index contributed by atoms with van der Waals surface area (Å²) in [5.74, 6) is -2.41. The molecule has 0 bridgehead atoms. The summed E-state index contributed by atoms with van der Waals surface area (Å²) >= 11 is 0. The largest absolute Gasteiger partial charge is 0.461 e. The zero-order valence-electron chi connectivity index (χ0n) is 21.7. The van der Waals surface area contributed by atoms with Gasteiger partial charge in [-0.1, -0.05) is 12.1 Å². The van der Waals surface area contributed by atoms with E-state index < -0.39 is 60.4 Å². The molecule has 3 aromatic rings. The molecule has 1 aromatic heterocycles. The number of sulfone groups is 2. The van der Waals surface area contributed by atoms with Crippen LogP contribution < -0.4 is 15.4 Å². The van der Waals surface area contributed by atoms with Crippen molar-refractivity contribution in [2.45, 2.75) is 48.6 Å². The van der Waals surface area contributed by atoms with Gasteiger partial charge in [0.05, 0.1) is 28.9 Å². The van der Waals surface area contributed by atoms with Crippen LogP contribution in [0.5, 0.6) is 5.75 Å². The van der Waals surface area contributed by atoms with Gasteiger partial charge in [0.1, 0.15) is 10.5 Å². The first-order valence-corrected chi connectivity index (χ1v) is 15.3. The van der Waals surface area contributed by atoms with Crippen molar-refractivity contribution in [1.29, 1.82) is 0 Å². The maximum absolute atomic E-state index is 13.2. The highest BCUT2D eigenvalue weighted by atomic mass is 32.2. The molecule has 0 saturated heterocycles. The number of nitrogens with two attached hydrogens (primary N) is 1. The molecule has 2 N–H and O–H groups in total. The molecule has 0 fully saturated rings. The number of carbonyl (C=O) groups excluding carboxylic acids is 1. The van der Waals surface area contributed by atoms with E-state index >= 15 is 0 Å². The van der Waals surface area contributed by atoms with Crippen LogP contribution in [-0.4, -0.2) is 63.5 Å². The highest BCUT2D eigenvalue weighted by molar-refractivity contribution is 7.92. The molecule has 1 atom stereocenters. The molecule has 1 aliphatic heterocycles. The molecule has 11 nitrogen and oxygen atoms in total. The van der Waals surface area contributed by atoms with Crippen LogP contribution in [-0.2, 0) is 35.8 Å². The number of hydrogen-bond donors (Lipinski definition) is 1. The van der Waals surface area contributed by atoms with Gasteiger partial charge < -0.3 is 19.8 Å². The van der Waals surface area contributed by atoms with Crippen LogP contribution in [0.3, 0.4) is 0 Å². The zero-order valence-corrected chi connectivity index (χ0v) is 23.3. The first kappa shape index (κ1) is 30.4. The molecule has 0 unspecified atom stereocenters. The molecule has 222 valence electrons. The normalized spacial score (nSPS) is 17.8. The van der Waals surface area contributed by atoms with E-state index in [1.165, 1.54) is 44.2 Å². The molecule has 2 aromatic carbocycles. The number of alkyl halides is 4. The van der Waals surface area contributed by atoms with Gasteiger partial charge in [-0.05, 0) is 49.7 Å². The molecule has 4 rings (SSSR count). The van der Waals surface area contributed by atoms with Crippen LogP contribution in [0.4, 0.5) is 23.2 Å². The van der Waals surface area contributed by atoms with Crippen LogP contribution in [0.15, 0.2) is 51.8 Å². The van der Waals surface area contributed by atoms with Crippen LogP contribution >= 0.6 is 0 Å². The van der Waals surface area contributed by atoms with Gasteiger partial charge in [0.2, 0.25) is 17.7 Å². The maximum Gasteiger partial charge on any atom is 0.461 e. The average Bonchev–Trinajstić information content (AvgIpc) is 3.35. The topological polar surface area (TPSA) is 163 Å². The standard InChI is InChI=1S/C24H24F4N4O7S2/c1-23(2,40(3,34)35)22-31-30-19(38-22)14-6-9-18-17(10-14)32(20(33)16(29)12-41(18,36)37)11-13-4-7-15(8-5-13)39-24(27,28)21(25)26/h4-10,16,21H,11-12,29H2,1-3H3/t16-/m0/s1. The Hall–Kier alpha value is -3.57. The number of rotatable bonds is 8.